The first-order valence-electron chi connectivity index (χ1n) is 16.8. The number of likely N-dealkylation sites (tertiary alicyclic amines) is 1. The van der Waals surface area contributed by atoms with E-state index < -0.39 is 0 Å². The second kappa shape index (κ2) is 15.9. The lowest BCUT2D eigenvalue weighted by Crippen LogP contribution is -2.38. The molecule has 0 radical (unpaired) electrons. The molecule has 1 amide bonds. The van der Waals surface area contributed by atoms with E-state index in [4.69, 9.17) is 18.9 Å². The fourth-order valence-corrected chi connectivity index (χ4v) is 6.63. The molecule has 0 spiro atoms. The molecule has 250 valence electrons. The number of likely N-dealkylation sites (N-methyl/N-ethyl adjacent to an activating group) is 1. The number of ether oxygens (including phenoxy) is 2. The lowest BCUT2D eigenvalue weighted by Gasteiger charge is -2.33. The van der Waals surface area contributed by atoms with Gasteiger partial charge in [-0.1, -0.05) is 42.5 Å². The Kier molecular flexibility index (Phi) is 11.0. The number of amides is 1. The van der Waals surface area contributed by atoms with E-state index in [9.17, 15) is 9.59 Å². The molecule has 48 heavy (non-hydrogen) atoms. The average molecular weight is 649 g/mol. The van der Waals surface area contributed by atoms with Crippen molar-refractivity contribution in [2.75, 3.05) is 46.9 Å². The van der Waals surface area contributed by atoms with Gasteiger partial charge in [-0.3, -0.25) is 9.59 Å². The van der Waals surface area contributed by atoms with Gasteiger partial charge >= 0.3 is 0 Å². The number of rotatable bonds is 15. The lowest BCUT2D eigenvalue weighted by molar-refractivity contribution is 0.0778. The Morgan fingerprint density at radius 3 is 2.52 bits per heavy atom. The Balaban J connectivity index is 1.07. The average Bonchev–Trinajstić information content (AvgIpc) is 3.80. The van der Waals surface area contributed by atoms with Crippen molar-refractivity contribution in [2.45, 2.75) is 38.3 Å². The zero-order chi connectivity index (χ0) is 33.3. The van der Waals surface area contributed by atoms with Crippen molar-refractivity contribution in [3.63, 3.8) is 0 Å². The summed E-state index contributed by atoms with van der Waals surface area (Å²) >= 11 is 0. The number of methoxy groups -OCH3 is 1. The summed E-state index contributed by atoms with van der Waals surface area (Å²) in [7, 11) is 3.55. The number of piperidine rings is 1. The highest BCUT2D eigenvalue weighted by Crippen LogP contribution is 2.28. The molecule has 3 heterocycles. The number of imidazole rings is 1. The molecular weight excluding hydrogens is 604 g/mol. The van der Waals surface area contributed by atoms with Crippen LogP contribution in [0.3, 0.4) is 0 Å². The number of carbonyl (C=O) groups excluding carboxylic acids is 2. The second-order valence-electron chi connectivity index (χ2n) is 12.5. The van der Waals surface area contributed by atoms with Gasteiger partial charge in [-0.05, 0) is 93.0 Å². The van der Waals surface area contributed by atoms with E-state index in [1.54, 1.807) is 13.4 Å². The summed E-state index contributed by atoms with van der Waals surface area (Å²) in [4.78, 5) is 36.2. The monoisotopic (exact) mass is 648 g/mol. The third kappa shape index (κ3) is 8.03. The van der Waals surface area contributed by atoms with Gasteiger partial charge < -0.3 is 28.3 Å². The van der Waals surface area contributed by atoms with Crippen LogP contribution in [0.25, 0.3) is 11.0 Å². The number of benzene rings is 3. The van der Waals surface area contributed by atoms with Crippen LogP contribution in [0.15, 0.2) is 102 Å². The molecule has 1 saturated heterocycles. The smallest absolute Gasteiger partial charge is 0.253 e. The minimum atomic E-state index is -0.0790. The molecule has 0 N–H and O–H groups in total. The molecular formula is C39H44N4O5. The molecule has 1 unspecified atom stereocenters. The minimum absolute atomic E-state index is 0.0120. The van der Waals surface area contributed by atoms with E-state index in [1.807, 2.05) is 95.4 Å². The number of hydrogen-bond donors (Lipinski definition) is 0. The summed E-state index contributed by atoms with van der Waals surface area (Å²) in [6.45, 7) is 4.52. The quantitative estimate of drug-likeness (QED) is 0.0923. The van der Waals surface area contributed by atoms with Crippen LogP contribution in [0.1, 0.15) is 57.5 Å². The van der Waals surface area contributed by atoms with Gasteiger partial charge in [0.1, 0.15) is 18.1 Å². The first-order chi connectivity index (χ1) is 23.5. The van der Waals surface area contributed by atoms with Gasteiger partial charge in [0.15, 0.2) is 5.82 Å². The normalized spacial score (nSPS) is 14.6. The van der Waals surface area contributed by atoms with Crippen molar-refractivity contribution < 1.29 is 23.5 Å². The summed E-state index contributed by atoms with van der Waals surface area (Å²) in [5.41, 5.74) is 3.60. The maximum absolute atomic E-state index is 13.9. The highest BCUT2D eigenvalue weighted by Gasteiger charge is 2.30. The number of aromatic nitrogens is 2. The van der Waals surface area contributed by atoms with E-state index in [1.165, 1.54) is 0 Å². The van der Waals surface area contributed by atoms with Crippen LogP contribution in [-0.4, -0.2) is 78.0 Å². The Morgan fingerprint density at radius 1 is 0.958 bits per heavy atom. The number of Topliss-reactive ketones (excluding diaryl/α,β-unsaturated/α-hetero) is 1. The summed E-state index contributed by atoms with van der Waals surface area (Å²) < 4.78 is 18.8. The summed E-state index contributed by atoms with van der Waals surface area (Å²) in [5, 5.41) is 0. The van der Waals surface area contributed by atoms with Gasteiger partial charge in [0, 0.05) is 37.5 Å². The number of ketones is 1. The van der Waals surface area contributed by atoms with Crippen LogP contribution < -0.4 is 4.74 Å². The molecule has 0 bridgehead atoms. The number of furan rings is 1. The number of nitrogens with zero attached hydrogens (tertiary/aromatic N) is 4. The van der Waals surface area contributed by atoms with Crippen LogP contribution >= 0.6 is 0 Å². The number of hydrogen-bond acceptors (Lipinski definition) is 7. The van der Waals surface area contributed by atoms with Crippen LogP contribution in [0.4, 0.5) is 0 Å². The Labute approximate surface area is 282 Å². The summed E-state index contributed by atoms with van der Waals surface area (Å²) in [5.74, 6) is 2.27. The third-order valence-electron chi connectivity index (χ3n) is 9.34. The number of para-hydroxylation sites is 2. The minimum Gasteiger partial charge on any atom is -0.497 e. The van der Waals surface area contributed by atoms with Gasteiger partial charge in [0.2, 0.25) is 5.78 Å². The fraction of sp³-hybridized carbons (Fsp3) is 0.359. The van der Waals surface area contributed by atoms with Crippen LogP contribution in [0, 0.1) is 5.92 Å². The number of carbonyl (C=O) groups is 2. The van der Waals surface area contributed by atoms with Crippen molar-refractivity contribution in [1.29, 1.82) is 0 Å². The van der Waals surface area contributed by atoms with Crippen molar-refractivity contribution in [2.24, 2.45) is 5.92 Å². The second-order valence-corrected chi connectivity index (χ2v) is 12.5. The molecule has 9 heteroatoms. The Morgan fingerprint density at radius 2 is 1.75 bits per heavy atom. The molecule has 0 saturated carbocycles. The molecule has 6 rings (SSSR count). The maximum atomic E-state index is 13.9. The first kappa shape index (κ1) is 33.2. The van der Waals surface area contributed by atoms with Crippen molar-refractivity contribution in [1.82, 2.24) is 19.4 Å². The van der Waals surface area contributed by atoms with Crippen LogP contribution in [0.5, 0.6) is 5.75 Å². The maximum Gasteiger partial charge on any atom is 0.253 e. The van der Waals surface area contributed by atoms with E-state index >= 15 is 0 Å². The standard InChI is InChI=1S/C39H44N4O5/c1-41(39(45)30-10-4-3-5-11-30)27-32(31-12-8-13-33(26-31)46-2)19-22-42-20-17-29(18-21-42)37(44)38-40-35-15-6-7-16-36(35)43(38)23-25-47-28-34-14-9-24-48-34/h3-16,24,26,29,32H,17-23,25,27-28H2,1-2H3. The number of fused-ring (bicyclic) bond motifs is 1. The highest BCUT2D eigenvalue weighted by atomic mass is 16.5. The molecule has 1 aliphatic heterocycles. The van der Waals surface area contributed by atoms with Crippen LogP contribution in [-0.2, 0) is 17.9 Å². The van der Waals surface area contributed by atoms with Gasteiger partial charge in [-0.2, -0.15) is 0 Å². The van der Waals surface area contributed by atoms with E-state index in [-0.39, 0.29) is 23.5 Å². The largest absolute Gasteiger partial charge is 0.497 e. The molecule has 1 aliphatic rings. The van der Waals surface area contributed by atoms with Gasteiger partial charge in [0.25, 0.3) is 5.91 Å². The Bertz CT molecular complexity index is 1780. The lowest BCUT2D eigenvalue weighted by atomic mass is 9.90. The predicted octanol–water partition coefficient (Wildman–Crippen LogP) is 6.70. The fourth-order valence-electron chi connectivity index (χ4n) is 6.63. The molecule has 3 aromatic carbocycles. The zero-order valence-electron chi connectivity index (χ0n) is 27.8. The Hall–Kier alpha value is -4.73. The van der Waals surface area contributed by atoms with E-state index in [2.05, 4.69) is 17.0 Å². The first-order valence-corrected chi connectivity index (χ1v) is 16.8. The van der Waals surface area contributed by atoms with Crippen LogP contribution in [0.2, 0.25) is 0 Å². The molecule has 0 aliphatic carbocycles. The summed E-state index contributed by atoms with van der Waals surface area (Å²) in [6.07, 6.45) is 4.09. The summed E-state index contributed by atoms with van der Waals surface area (Å²) in [6, 6.07) is 29.2. The van der Waals surface area contributed by atoms with E-state index in [0.29, 0.717) is 37.7 Å². The molecule has 2 aromatic heterocycles. The van der Waals surface area contributed by atoms with Crippen molar-refractivity contribution in [3.05, 3.63) is 120 Å². The van der Waals surface area contributed by atoms with Gasteiger partial charge in [-0.15, -0.1) is 0 Å². The molecule has 1 atom stereocenters. The zero-order valence-corrected chi connectivity index (χ0v) is 27.8. The van der Waals surface area contributed by atoms with Crippen molar-refractivity contribution in [3.8, 4) is 5.75 Å². The van der Waals surface area contributed by atoms with Gasteiger partial charge in [-0.25, -0.2) is 4.98 Å². The van der Waals surface area contributed by atoms with E-state index in [0.717, 1.165) is 67.0 Å². The topological polar surface area (TPSA) is 90.0 Å². The predicted molar refractivity (Wildman–Crippen MR) is 185 cm³/mol. The molecule has 5 aromatic rings. The van der Waals surface area contributed by atoms with Gasteiger partial charge in [0.05, 0.1) is 31.0 Å². The third-order valence-corrected chi connectivity index (χ3v) is 9.34. The van der Waals surface area contributed by atoms with Crippen molar-refractivity contribution >= 4 is 22.7 Å². The highest BCUT2D eigenvalue weighted by molar-refractivity contribution is 5.98. The molecule has 1 fully saturated rings. The SMILES string of the molecule is COc1cccc(C(CCN2CCC(C(=O)c3nc4ccccc4n3CCOCc3ccco3)CC2)CN(C)C(=O)c2ccccc2)c1. The molecule has 9 nitrogen and oxygen atoms in total.